The zero-order valence-electron chi connectivity index (χ0n) is 9.13. The van der Waals surface area contributed by atoms with Crippen molar-refractivity contribution in [1.29, 1.82) is 0 Å². The monoisotopic (exact) mass is 225 g/mol. The van der Waals surface area contributed by atoms with Crippen LogP contribution in [0.25, 0.3) is 11.0 Å². The molecule has 0 fully saturated rings. The molecule has 0 aliphatic heterocycles. The highest BCUT2D eigenvalue weighted by Crippen LogP contribution is 2.29. The Morgan fingerprint density at radius 1 is 1.31 bits per heavy atom. The van der Waals surface area contributed by atoms with Crippen molar-refractivity contribution >= 4 is 16.7 Å². The van der Waals surface area contributed by atoms with Gasteiger partial charge >= 0.3 is 5.69 Å². The quantitative estimate of drug-likeness (QED) is 0.574. The van der Waals surface area contributed by atoms with Crippen LogP contribution < -0.4 is 4.74 Å². The third-order valence-electron chi connectivity index (χ3n) is 1.77. The fourth-order valence-electron chi connectivity index (χ4n) is 1.14. The van der Waals surface area contributed by atoms with E-state index in [1.165, 1.54) is 19.2 Å². The first kappa shape index (κ1) is 11.9. The summed E-state index contributed by atoms with van der Waals surface area (Å²) < 4.78 is 9.35. The molecule has 1 aromatic heterocycles. The van der Waals surface area contributed by atoms with Gasteiger partial charge in [0.05, 0.1) is 12.0 Å². The highest BCUT2D eigenvalue weighted by molar-refractivity contribution is 5.88. The van der Waals surface area contributed by atoms with Crippen LogP contribution in [0.15, 0.2) is 16.8 Å². The molecule has 7 nitrogen and oxygen atoms in total. The van der Waals surface area contributed by atoms with Gasteiger partial charge in [-0.1, -0.05) is 13.8 Å². The van der Waals surface area contributed by atoms with Crippen molar-refractivity contribution in [2.24, 2.45) is 0 Å². The van der Waals surface area contributed by atoms with E-state index in [0.29, 0.717) is 5.75 Å². The number of nitro groups is 1. The lowest BCUT2D eigenvalue weighted by Crippen LogP contribution is -1.91. The van der Waals surface area contributed by atoms with Crippen LogP contribution in [0.3, 0.4) is 0 Å². The van der Waals surface area contributed by atoms with E-state index in [4.69, 9.17) is 4.74 Å². The van der Waals surface area contributed by atoms with E-state index in [-0.39, 0.29) is 16.7 Å². The van der Waals surface area contributed by atoms with Crippen molar-refractivity contribution in [1.82, 2.24) is 10.3 Å². The SMILES string of the molecule is CC.COc1ccc([N+](=O)[O-])c2nonc12. The van der Waals surface area contributed by atoms with E-state index < -0.39 is 4.92 Å². The van der Waals surface area contributed by atoms with Gasteiger partial charge in [0.15, 0.2) is 11.3 Å². The third kappa shape index (κ3) is 1.92. The molecule has 0 aliphatic carbocycles. The standard InChI is InChI=1S/C7H5N3O4.C2H6/c1-13-5-3-2-4(10(11)12)6-7(5)9-14-8-6;1-2/h2-3H,1H3;1-2H3. The summed E-state index contributed by atoms with van der Waals surface area (Å²) in [5.41, 5.74) is 0.193. The zero-order valence-corrected chi connectivity index (χ0v) is 9.13. The smallest absolute Gasteiger partial charge is 0.301 e. The Labute approximate surface area is 91.1 Å². The van der Waals surface area contributed by atoms with Gasteiger partial charge in [0.25, 0.3) is 0 Å². The normalized spacial score (nSPS) is 9.44. The summed E-state index contributed by atoms with van der Waals surface area (Å²) in [4.78, 5) is 10.0. The second kappa shape index (κ2) is 5.06. The number of hydrogen-bond donors (Lipinski definition) is 0. The van der Waals surface area contributed by atoms with Crippen LogP contribution in [0, 0.1) is 10.1 Å². The van der Waals surface area contributed by atoms with Gasteiger partial charge in [-0.15, -0.1) is 0 Å². The minimum Gasteiger partial charge on any atom is -0.494 e. The lowest BCUT2D eigenvalue weighted by atomic mass is 10.2. The second-order valence-electron chi connectivity index (χ2n) is 2.51. The van der Waals surface area contributed by atoms with Crippen LogP contribution in [0.4, 0.5) is 5.69 Å². The summed E-state index contributed by atoms with van der Waals surface area (Å²) in [5.74, 6) is 0.395. The molecule has 86 valence electrons. The van der Waals surface area contributed by atoms with Crippen molar-refractivity contribution in [3.05, 3.63) is 22.2 Å². The van der Waals surface area contributed by atoms with Crippen LogP contribution >= 0.6 is 0 Å². The molecule has 0 unspecified atom stereocenters. The maximum Gasteiger partial charge on any atom is 0.301 e. The maximum absolute atomic E-state index is 10.6. The molecule has 0 saturated carbocycles. The molecule has 2 rings (SSSR count). The first-order valence-corrected chi connectivity index (χ1v) is 4.67. The summed E-state index contributed by atoms with van der Waals surface area (Å²) in [6.07, 6.45) is 0. The minimum absolute atomic E-state index is 0.0920. The van der Waals surface area contributed by atoms with E-state index in [2.05, 4.69) is 14.9 Å². The first-order chi connectivity index (χ1) is 7.74. The van der Waals surface area contributed by atoms with E-state index in [1.807, 2.05) is 13.8 Å². The van der Waals surface area contributed by atoms with Gasteiger partial charge in [-0.25, -0.2) is 4.63 Å². The predicted molar refractivity (Wildman–Crippen MR) is 56.4 cm³/mol. The Kier molecular flexibility index (Phi) is 3.76. The van der Waals surface area contributed by atoms with Crippen molar-refractivity contribution in [2.45, 2.75) is 13.8 Å². The number of fused-ring (bicyclic) bond motifs is 1. The number of methoxy groups -OCH3 is 1. The first-order valence-electron chi connectivity index (χ1n) is 4.67. The van der Waals surface area contributed by atoms with Crippen molar-refractivity contribution in [2.75, 3.05) is 7.11 Å². The average Bonchev–Trinajstić information content (AvgIpc) is 2.78. The highest BCUT2D eigenvalue weighted by atomic mass is 16.6. The van der Waals surface area contributed by atoms with Gasteiger partial charge in [-0.05, 0) is 16.4 Å². The second-order valence-corrected chi connectivity index (χ2v) is 2.51. The average molecular weight is 225 g/mol. The number of hydrogen-bond acceptors (Lipinski definition) is 6. The lowest BCUT2D eigenvalue weighted by Gasteiger charge is -1.97. The van der Waals surface area contributed by atoms with Gasteiger partial charge in [0, 0.05) is 6.07 Å². The molecule has 0 amide bonds. The van der Waals surface area contributed by atoms with Gasteiger partial charge in [-0.3, -0.25) is 10.1 Å². The van der Waals surface area contributed by atoms with Crippen LogP contribution in [-0.2, 0) is 0 Å². The molecule has 0 radical (unpaired) electrons. The molecule has 0 spiro atoms. The van der Waals surface area contributed by atoms with E-state index in [9.17, 15) is 10.1 Å². The summed E-state index contributed by atoms with van der Waals surface area (Å²) in [5, 5.41) is 17.5. The molecule has 1 heterocycles. The summed E-state index contributed by atoms with van der Waals surface area (Å²) in [6.45, 7) is 4.00. The van der Waals surface area contributed by atoms with Crippen LogP contribution in [-0.4, -0.2) is 22.3 Å². The molecule has 0 N–H and O–H groups in total. The molecular weight excluding hydrogens is 214 g/mol. The Morgan fingerprint density at radius 3 is 2.50 bits per heavy atom. The predicted octanol–water partition coefficient (Wildman–Crippen LogP) is 2.17. The van der Waals surface area contributed by atoms with Crippen LogP contribution in [0.1, 0.15) is 13.8 Å². The van der Waals surface area contributed by atoms with E-state index in [1.54, 1.807) is 0 Å². The molecule has 0 aliphatic rings. The number of ether oxygens (including phenoxy) is 1. The van der Waals surface area contributed by atoms with Gasteiger partial charge in [-0.2, -0.15) is 0 Å². The number of benzene rings is 1. The minimum atomic E-state index is -0.550. The summed E-state index contributed by atoms with van der Waals surface area (Å²) >= 11 is 0. The van der Waals surface area contributed by atoms with Gasteiger partial charge in [0.1, 0.15) is 0 Å². The van der Waals surface area contributed by atoms with E-state index >= 15 is 0 Å². The topological polar surface area (TPSA) is 91.3 Å². The Hall–Kier alpha value is -2.18. The Morgan fingerprint density at radius 2 is 1.94 bits per heavy atom. The van der Waals surface area contributed by atoms with Gasteiger partial charge in [0.2, 0.25) is 5.52 Å². The molecule has 0 bridgehead atoms. The molecule has 7 heteroatoms. The molecule has 16 heavy (non-hydrogen) atoms. The molecule has 1 aromatic carbocycles. The number of aromatic nitrogens is 2. The maximum atomic E-state index is 10.6. The number of non-ortho nitro benzene ring substituents is 1. The van der Waals surface area contributed by atoms with Crippen molar-refractivity contribution in [3.8, 4) is 5.75 Å². The fourth-order valence-corrected chi connectivity index (χ4v) is 1.14. The summed E-state index contributed by atoms with van der Waals surface area (Å²) in [6, 6.07) is 2.75. The highest BCUT2D eigenvalue weighted by Gasteiger charge is 2.19. The summed E-state index contributed by atoms with van der Waals surface area (Å²) in [7, 11) is 1.44. The van der Waals surface area contributed by atoms with Crippen LogP contribution in [0.5, 0.6) is 5.75 Å². The van der Waals surface area contributed by atoms with E-state index in [0.717, 1.165) is 0 Å². The van der Waals surface area contributed by atoms with Gasteiger partial charge < -0.3 is 4.74 Å². The third-order valence-corrected chi connectivity index (χ3v) is 1.77. The molecule has 0 saturated heterocycles. The molecule has 0 atom stereocenters. The zero-order chi connectivity index (χ0) is 12.1. The van der Waals surface area contributed by atoms with Crippen molar-refractivity contribution in [3.63, 3.8) is 0 Å². The Balaban J connectivity index is 0.000000606. The lowest BCUT2D eigenvalue weighted by molar-refractivity contribution is -0.383. The molecule has 2 aromatic rings. The molecular formula is C9H11N3O4. The number of nitro benzene ring substituents is 1. The van der Waals surface area contributed by atoms with Crippen LogP contribution in [0.2, 0.25) is 0 Å². The van der Waals surface area contributed by atoms with Crippen molar-refractivity contribution < 1.29 is 14.3 Å². The number of nitrogens with zero attached hydrogens (tertiary/aromatic N) is 3. The fraction of sp³-hybridized carbons (Fsp3) is 0.333. The number of rotatable bonds is 2. The Bertz CT molecular complexity index is 494. The largest absolute Gasteiger partial charge is 0.494 e.